The number of hydrogen-bond acceptors (Lipinski definition) is 4. The predicted octanol–water partition coefficient (Wildman–Crippen LogP) is 29.0. The molecule has 6 heterocycles. The molecule has 0 radical (unpaired) electrons. The van der Waals surface area contributed by atoms with Gasteiger partial charge in [-0.1, -0.05) is 334 Å². The van der Waals surface area contributed by atoms with Gasteiger partial charge in [0.15, 0.2) is 17.5 Å². The summed E-state index contributed by atoms with van der Waals surface area (Å²) in [4.78, 5) is 20.7. The van der Waals surface area contributed by atoms with Crippen molar-refractivity contribution < 1.29 is 0 Å². The van der Waals surface area contributed by atoms with Gasteiger partial charge in [-0.05, 0) is 158 Å². The summed E-state index contributed by atoms with van der Waals surface area (Å²) < 4.78 is 9.75. The van der Waals surface area contributed by atoms with E-state index in [1.807, 2.05) is 24.3 Å². The number of nitrogens with zero attached hydrogens (tertiary/aromatic N) is 8. The smallest absolute Gasteiger partial charge is 0.164 e. The minimum atomic E-state index is 0.616. The van der Waals surface area contributed by atoms with Gasteiger partial charge in [0, 0.05) is 93.7 Å². The van der Waals surface area contributed by atoms with Crippen LogP contribution in [0.3, 0.4) is 0 Å². The van der Waals surface area contributed by atoms with Crippen LogP contribution in [-0.4, -0.2) is 38.2 Å². The van der Waals surface area contributed by atoms with Crippen molar-refractivity contribution in [2.75, 3.05) is 0 Å². The standard InChI is InChI=1S/C57H37N3.C55H35N5/c1-3-16-38(17-4-1)41-22-13-25-45(34-41)60-53-30-11-9-27-48(53)49-32-33-55-56(57(49)60)50-28-10-12-31-54(50)59(55)44-24-14-23-42(35-44)52-37-43(36-51(58-52)40-19-5-2-6-20-40)47-29-15-21-39-18-7-8-26-46(39)47;1-3-15-36(16-4-1)39-21-13-22-41(33-39)54-56-53(38-18-5-2-6-19-38)57-55(58-54)42-23-14-24-43(35-42)59-49-28-12-10-26-47(49)51-50(59)32-31-46-45-25-9-11-27-48(45)60(52(46)51)44-30-29-37-17-7-8-20-40(37)34-44/h1-37H;1-35H. The fourth-order valence-electron chi connectivity index (χ4n) is 18.4. The molecule has 0 bridgehead atoms. The monoisotopic (exact) mass is 1530 g/mol. The van der Waals surface area contributed by atoms with Gasteiger partial charge < -0.3 is 18.3 Å². The summed E-state index contributed by atoms with van der Waals surface area (Å²) >= 11 is 0. The molecule has 24 rings (SSSR count). The average Bonchev–Trinajstić information content (AvgIpc) is 1.55. The first-order valence-corrected chi connectivity index (χ1v) is 40.8. The molecule has 0 saturated carbocycles. The van der Waals surface area contributed by atoms with Gasteiger partial charge in [-0.3, -0.25) is 0 Å². The van der Waals surface area contributed by atoms with Gasteiger partial charge >= 0.3 is 0 Å². The molecule has 18 aromatic carbocycles. The summed E-state index contributed by atoms with van der Waals surface area (Å²) in [6.45, 7) is 0. The molecular weight excluding hydrogens is 1460 g/mol. The van der Waals surface area contributed by atoms with Crippen LogP contribution in [0.5, 0.6) is 0 Å². The first-order valence-electron chi connectivity index (χ1n) is 40.8. The molecule has 0 spiro atoms. The number of hydrogen-bond donors (Lipinski definition) is 0. The number of pyridine rings is 1. The van der Waals surface area contributed by atoms with E-state index in [0.717, 1.165) is 101 Å². The Hall–Kier alpha value is -16.2. The molecule has 8 nitrogen and oxygen atoms in total. The molecule has 0 atom stereocenters. The van der Waals surface area contributed by atoms with Crippen molar-refractivity contribution >= 4 is 109 Å². The average molecular weight is 1530 g/mol. The maximum atomic E-state index is 5.35. The van der Waals surface area contributed by atoms with E-state index in [1.165, 1.54) is 103 Å². The molecule has 6 aromatic heterocycles. The molecule has 0 aliphatic heterocycles. The predicted molar refractivity (Wildman–Crippen MR) is 500 cm³/mol. The lowest BCUT2D eigenvalue weighted by Gasteiger charge is -2.14. The summed E-state index contributed by atoms with van der Waals surface area (Å²) in [5.41, 5.74) is 27.6. The van der Waals surface area contributed by atoms with Crippen LogP contribution in [0, 0.1) is 0 Å². The second-order valence-electron chi connectivity index (χ2n) is 30.8. The van der Waals surface area contributed by atoms with Crippen LogP contribution in [0.2, 0.25) is 0 Å². The highest BCUT2D eigenvalue weighted by Gasteiger charge is 2.25. The van der Waals surface area contributed by atoms with E-state index in [2.05, 4.69) is 431 Å². The second-order valence-corrected chi connectivity index (χ2v) is 30.8. The van der Waals surface area contributed by atoms with Crippen molar-refractivity contribution in [1.29, 1.82) is 0 Å². The van der Waals surface area contributed by atoms with Gasteiger partial charge in [-0.25, -0.2) is 19.9 Å². The third-order valence-electron chi connectivity index (χ3n) is 23.8. The Bertz CT molecular complexity index is 8150. The van der Waals surface area contributed by atoms with E-state index in [0.29, 0.717) is 17.5 Å². The number of para-hydroxylation sites is 4. The molecule has 120 heavy (non-hydrogen) atoms. The van der Waals surface area contributed by atoms with Crippen molar-refractivity contribution in [2.24, 2.45) is 0 Å². The van der Waals surface area contributed by atoms with E-state index in [9.17, 15) is 0 Å². The van der Waals surface area contributed by atoms with Crippen molar-refractivity contribution in [3.05, 3.63) is 437 Å². The third kappa shape index (κ3) is 11.9. The first kappa shape index (κ1) is 69.4. The van der Waals surface area contributed by atoms with Crippen molar-refractivity contribution in [3.8, 4) is 113 Å². The molecule has 24 aromatic rings. The van der Waals surface area contributed by atoms with Gasteiger partial charge in [0.1, 0.15) is 0 Å². The Balaban J connectivity index is 0.000000140. The molecule has 0 amide bonds. The van der Waals surface area contributed by atoms with Gasteiger partial charge in [0.05, 0.1) is 55.5 Å². The normalized spacial score (nSPS) is 11.7. The maximum absolute atomic E-state index is 5.35. The van der Waals surface area contributed by atoms with Crippen LogP contribution < -0.4 is 0 Å². The molecule has 560 valence electrons. The summed E-state index contributed by atoms with van der Waals surface area (Å²) in [6.07, 6.45) is 0. The lowest BCUT2D eigenvalue weighted by molar-refractivity contribution is 1.07. The molecule has 0 saturated heterocycles. The zero-order valence-electron chi connectivity index (χ0n) is 65.1. The zero-order valence-corrected chi connectivity index (χ0v) is 65.1. The van der Waals surface area contributed by atoms with E-state index in [1.54, 1.807) is 0 Å². The van der Waals surface area contributed by atoms with Crippen LogP contribution in [0.4, 0.5) is 0 Å². The van der Waals surface area contributed by atoms with E-state index >= 15 is 0 Å². The topological polar surface area (TPSA) is 71.3 Å². The number of fused-ring (bicyclic) bond motifs is 16. The lowest BCUT2D eigenvalue weighted by Crippen LogP contribution is -2.01. The highest BCUT2D eigenvalue weighted by atomic mass is 15.1. The van der Waals surface area contributed by atoms with Crippen LogP contribution >= 0.6 is 0 Å². The summed E-state index contributed by atoms with van der Waals surface area (Å²) in [7, 11) is 0. The van der Waals surface area contributed by atoms with Crippen LogP contribution in [-0.2, 0) is 0 Å². The maximum Gasteiger partial charge on any atom is 0.164 e. The summed E-state index contributed by atoms with van der Waals surface area (Å²) in [5, 5.41) is 14.7. The highest BCUT2D eigenvalue weighted by molar-refractivity contribution is 6.28. The lowest BCUT2D eigenvalue weighted by atomic mass is 9.95. The fraction of sp³-hybridized carbons (Fsp3) is 0. The highest BCUT2D eigenvalue weighted by Crippen LogP contribution is 2.47. The molecule has 0 unspecified atom stereocenters. The third-order valence-corrected chi connectivity index (χ3v) is 23.8. The SMILES string of the molecule is c1ccc(-c2cccc(-c3nc(-c4ccccc4)nc(-c4cccc(-n5c6ccccc6c6c5ccc5c7ccccc7n(-c7ccc8ccccc8c7)c56)c4)n3)c2)cc1.c1ccc(-c2cccc(-n3c4ccccc4c4ccc5c(c6ccccc6n5-c5cccc(-c6cc(-c7cccc8ccccc78)cc(-c7ccccc7)n6)c5)c43)c2)cc1. The van der Waals surface area contributed by atoms with E-state index < -0.39 is 0 Å². The minimum absolute atomic E-state index is 0.616. The Morgan fingerprint density at radius 2 is 0.517 bits per heavy atom. The molecule has 0 fully saturated rings. The van der Waals surface area contributed by atoms with Gasteiger partial charge in [0.25, 0.3) is 0 Å². The Morgan fingerprint density at radius 1 is 0.158 bits per heavy atom. The Kier molecular flexibility index (Phi) is 16.7. The largest absolute Gasteiger partial charge is 0.309 e. The van der Waals surface area contributed by atoms with Gasteiger partial charge in [0.2, 0.25) is 0 Å². The van der Waals surface area contributed by atoms with Crippen LogP contribution in [0.25, 0.3) is 222 Å². The van der Waals surface area contributed by atoms with Crippen molar-refractivity contribution in [2.45, 2.75) is 0 Å². The number of benzene rings is 18. The quantitative estimate of drug-likeness (QED) is 0.122. The molecule has 0 N–H and O–H groups in total. The molecule has 8 heteroatoms. The second kappa shape index (κ2) is 29.0. The van der Waals surface area contributed by atoms with Crippen molar-refractivity contribution in [3.63, 3.8) is 0 Å². The van der Waals surface area contributed by atoms with Crippen LogP contribution in [0.15, 0.2) is 437 Å². The molecule has 0 aliphatic rings. The number of aromatic nitrogens is 8. The van der Waals surface area contributed by atoms with E-state index in [-0.39, 0.29) is 0 Å². The Labute approximate surface area is 692 Å². The van der Waals surface area contributed by atoms with Crippen molar-refractivity contribution in [1.82, 2.24) is 38.2 Å². The van der Waals surface area contributed by atoms with Gasteiger partial charge in [-0.15, -0.1) is 0 Å². The van der Waals surface area contributed by atoms with Gasteiger partial charge in [-0.2, -0.15) is 0 Å². The van der Waals surface area contributed by atoms with Crippen LogP contribution in [0.1, 0.15) is 0 Å². The minimum Gasteiger partial charge on any atom is -0.309 e. The zero-order chi connectivity index (χ0) is 79.1. The first-order chi connectivity index (χ1) is 59.5. The summed E-state index contributed by atoms with van der Waals surface area (Å²) in [6, 6.07) is 156. The molecular formula is C112H72N8. The Morgan fingerprint density at radius 3 is 1.07 bits per heavy atom. The summed E-state index contributed by atoms with van der Waals surface area (Å²) in [5.74, 6) is 1.88. The number of rotatable bonds is 12. The van der Waals surface area contributed by atoms with E-state index in [4.69, 9.17) is 19.9 Å². The molecule has 0 aliphatic carbocycles. The fourth-order valence-corrected chi connectivity index (χ4v) is 18.4.